The van der Waals surface area contributed by atoms with E-state index in [1.165, 1.54) is 5.52 Å². The van der Waals surface area contributed by atoms with Crippen LogP contribution in [0.2, 0.25) is 0 Å². The molecule has 0 fully saturated rings. The smallest absolute Gasteiger partial charge is 0.254 e. The highest BCUT2D eigenvalue weighted by Gasteiger charge is 2.22. The normalized spacial score (nSPS) is 14.8. The standard InChI is InChI=1S/C19H23N5O/c1-3-9-24-17-7-5-4-6-15(17)22-18(24)12-23-10-8-14-16(11-23)20-13(2)21-19(14)25/h4-7H,3,8-12H2,1-2H3,(H,20,21,25). The average molecular weight is 337 g/mol. The Kier molecular flexibility index (Phi) is 4.13. The molecule has 0 bridgehead atoms. The van der Waals surface area contributed by atoms with E-state index in [2.05, 4.69) is 44.6 Å². The predicted octanol–water partition coefficient (Wildman–Crippen LogP) is 2.40. The molecule has 4 rings (SSSR count). The molecule has 3 aromatic rings. The predicted molar refractivity (Wildman–Crippen MR) is 97.4 cm³/mol. The molecule has 0 saturated heterocycles. The lowest BCUT2D eigenvalue weighted by molar-refractivity contribution is 0.231. The van der Waals surface area contributed by atoms with Gasteiger partial charge in [-0.3, -0.25) is 9.69 Å². The fourth-order valence-electron chi connectivity index (χ4n) is 3.67. The van der Waals surface area contributed by atoms with Gasteiger partial charge in [-0.25, -0.2) is 9.97 Å². The molecule has 0 amide bonds. The summed E-state index contributed by atoms with van der Waals surface area (Å²) in [4.78, 5) is 26.6. The first-order valence-corrected chi connectivity index (χ1v) is 8.91. The summed E-state index contributed by atoms with van der Waals surface area (Å²) in [6.45, 7) is 7.33. The van der Waals surface area contributed by atoms with Crippen LogP contribution in [0.5, 0.6) is 0 Å². The van der Waals surface area contributed by atoms with E-state index >= 15 is 0 Å². The number of hydrogen-bond donors (Lipinski definition) is 1. The van der Waals surface area contributed by atoms with Crippen molar-refractivity contribution in [1.29, 1.82) is 0 Å². The molecule has 0 unspecified atom stereocenters. The third-order valence-corrected chi connectivity index (χ3v) is 4.82. The average Bonchev–Trinajstić information content (AvgIpc) is 2.92. The molecule has 0 aliphatic carbocycles. The fourth-order valence-corrected chi connectivity index (χ4v) is 3.67. The summed E-state index contributed by atoms with van der Waals surface area (Å²) in [6.07, 6.45) is 1.82. The van der Waals surface area contributed by atoms with Gasteiger partial charge < -0.3 is 9.55 Å². The molecular formula is C19H23N5O. The quantitative estimate of drug-likeness (QED) is 0.794. The summed E-state index contributed by atoms with van der Waals surface area (Å²) >= 11 is 0. The Labute approximate surface area is 146 Å². The Morgan fingerprint density at radius 1 is 1.24 bits per heavy atom. The van der Waals surface area contributed by atoms with Crippen molar-refractivity contribution in [1.82, 2.24) is 24.4 Å². The number of rotatable bonds is 4. The van der Waals surface area contributed by atoms with Crippen LogP contribution in [-0.2, 0) is 26.1 Å². The molecule has 130 valence electrons. The molecule has 1 aliphatic heterocycles. The van der Waals surface area contributed by atoms with Crippen molar-refractivity contribution in [3.63, 3.8) is 0 Å². The summed E-state index contributed by atoms with van der Waals surface area (Å²) in [6, 6.07) is 8.31. The van der Waals surface area contributed by atoms with Crippen LogP contribution >= 0.6 is 0 Å². The second-order valence-electron chi connectivity index (χ2n) is 6.71. The van der Waals surface area contributed by atoms with Crippen molar-refractivity contribution in [3.8, 4) is 0 Å². The van der Waals surface area contributed by atoms with Crippen molar-refractivity contribution < 1.29 is 0 Å². The van der Waals surface area contributed by atoms with Crippen molar-refractivity contribution in [3.05, 3.63) is 57.5 Å². The van der Waals surface area contributed by atoms with E-state index in [1.807, 2.05) is 13.0 Å². The lowest BCUT2D eigenvalue weighted by atomic mass is 10.1. The summed E-state index contributed by atoms with van der Waals surface area (Å²) < 4.78 is 2.32. The summed E-state index contributed by atoms with van der Waals surface area (Å²) in [5, 5.41) is 0. The topological polar surface area (TPSA) is 66.8 Å². The van der Waals surface area contributed by atoms with Gasteiger partial charge in [0.1, 0.15) is 11.6 Å². The Bertz CT molecular complexity index is 972. The maximum absolute atomic E-state index is 12.1. The maximum atomic E-state index is 12.1. The van der Waals surface area contributed by atoms with E-state index in [4.69, 9.17) is 4.98 Å². The van der Waals surface area contributed by atoms with Crippen LogP contribution in [0.4, 0.5) is 0 Å². The zero-order chi connectivity index (χ0) is 17.4. The minimum Gasteiger partial charge on any atom is -0.327 e. The zero-order valence-corrected chi connectivity index (χ0v) is 14.7. The van der Waals surface area contributed by atoms with Gasteiger partial charge in [-0.1, -0.05) is 19.1 Å². The van der Waals surface area contributed by atoms with Crippen molar-refractivity contribution in [2.75, 3.05) is 6.54 Å². The minimum absolute atomic E-state index is 0.0142. The third-order valence-electron chi connectivity index (χ3n) is 4.82. The van der Waals surface area contributed by atoms with Crippen LogP contribution in [0.25, 0.3) is 11.0 Å². The van der Waals surface area contributed by atoms with E-state index in [1.54, 1.807) is 0 Å². The summed E-state index contributed by atoms with van der Waals surface area (Å²) in [5.74, 6) is 1.77. The first-order chi connectivity index (χ1) is 12.2. The first kappa shape index (κ1) is 16.0. The number of nitrogens with one attached hydrogen (secondary N) is 1. The number of imidazole rings is 1. The fraction of sp³-hybridized carbons (Fsp3) is 0.421. The van der Waals surface area contributed by atoms with Crippen LogP contribution in [0.3, 0.4) is 0 Å². The summed E-state index contributed by atoms with van der Waals surface area (Å²) in [7, 11) is 0. The lowest BCUT2D eigenvalue weighted by Gasteiger charge is -2.27. The maximum Gasteiger partial charge on any atom is 0.254 e. The van der Waals surface area contributed by atoms with E-state index in [9.17, 15) is 4.79 Å². The monoisotopic (exact) mass is 337 g/mol. The number of aromatic amines is 1. The van der Waals surface area contributed by atoms with Gasteiger partial charge in [0.2, 0.25) is 0 Å². The highest BCUT2D eigenvalue weighted by atomic mass is 16.1. The Morgan fingerprint density at radius 3 is 2.92 bits per heavy atom. The molecule has 0 saturated carbocycles. The molecule has 1 aromatic carbocycles. The molecule has 1 aliphatic rings. The van der Waals surface area contributed by atoms with Crippen LogP contribution in [0.1, 0.15) is 36.3 Å². The van der Waals surface area contributed by atoms with Gasteiger partial charge >= 0.3 is 0 Å². The number of benzene rings is 1. The first-order valence-electron chi connectivity index (χ1n) is 8.91. The number of H-pyrrole nitrogens is 1. The minimum atomic E-state index is 0.0142. The van der Waals surface area contributed by atoms with Gasteiger partial charge in [-0.05, 0) is 31.9 Å². The number of para-hydroxylation sites is 2. The number of aryl methyl sites for hydroxylation is 2. The van der Waals surface area contributed by atoms with Crippen LogP contribution < -0.4 is 5.56 Å². The lowest BCUT2D eigenvalue weighted by Crippen LogP contribution is -2.35. The van der Waals surface area contributed by atoms with E-state index in [-0.39, 0.29) is 5.56 Å². The SMILES string of the molecule is CCCn1c(CN2CCc3c(nc(C)[nH]c3=O)C2)nc2ccccc21. The zero-order valence-electron chi connectivity index (χ0n) is 14.7. The van der Waals surface area contributed by atoms with Gasteiger partial charge in [0, 0.05) is 25.2 Å². The molecular weight excluding hydrogens is 314 g/mol. The van der Waals surface area contributed by atoms with Crippen molar-refractivity contribution >= 4 is 11.0 Å². The highest BCUT2D eigenvalue weighted by molar-refractivity contribution is 5.75. The number of nitrogens with zero attached hydrogens (tertiary/aromatic N) is 4. The molecule has 0 radical (unpaired) electrons. The second-order valence-corrected chi connectivity index (χ2v) is 6.71. The van der Waals surface area contributed by atoms with Crippen LogP contribution in [0, 0.1) is 6.92 Å². The molecule has 1 N–H and O–H groups in total. The second kappa shape index (κ2) is 6.44. The van der Waals surface area contributed by atoms with Gasteiger partial charge in [-0.15, -0.1) is 0 Å². The largest absolute Gasteiger partial charge is 0.327 e. The van der Waals surface area contributed by atoms with E-state index in [0.29, 0.717) is 12.4 Å². The molecule has 6 nitrogen and oxygen atoms in total. The van der Waals surface area contributed by atoms with Crippen molar-refractivity contribution in [2.45, 2.75) is 46.3 Å². The van der Waals surface area contributed by atoms with Gasteiger partial charge in [0.15, 0.2) is 0 Å². The molecule has 6 heteroatoms. The van der Waals surface area contributed by atoms with Crippen LogP contribution in [-0.4, -0.2) is 31.0 Å². The van der Waals surface area contributed by atoms with Gasteiger partial charge in [-0.2, -0.15) is 0 Å². The van der Waals surface area contributed by atoms with E-state index in [0.717, 1.165) is 55.1 Å². The molecule has 2 aromatic heterocycles. The van der Waals surface area contributed by atoms with Gasteiger partial charge in [0.25, 0.3) is 5.56 Å². The molecule has 0 spiro atoms. The molecule has 3 heterocycles. The van der Waals surface area contributed by atoms with E-state index < -0.39 is 0 Å². The third kappa shape index (κ3) is 2.98. The number of fused-ring (bicyclic) bond motifs is 2. The number of aromatic nitrogens is 4. The number of hydrogen-bond acceptors (Lipinski definition) is 4. The van der Waals surface area contributed by atoms with Gasteiger partial charge in [0.05, 0.1) is 23.3 Å². The van der Waals surface area contributed by atoms with Crippen molar-refractivity contribution in [2.24, 2.45) is 0 Å². The van der Waals surface area contributed by atoms with Crippen LogP contribution in [0.15, 0.2) is 29.1 Å². The highest BCUT2D eigenvalue weighted by Crippen LogP contribution is 2.20. The molecule has 25 heavy (non-hydrogen) atoms. The Morgan fingerprint density at radius 2 is 2.08 bits per heavy atom. The Hall–Kier alpha value is -2.47. The summed E-state index contributed by atoms with van der Waals surface area (Å²) in [5.41, 5.74) is 4.01. The molecule has 0 atom stereocenters. The Balaban J connectivity index is 1.64.